The highest BCUT2D eigenvalue weighted by Crippen LogP contribution is 2.42. The summed E-state index contributed by atoms with van der Waals surface area (Å²) in [4.78, 5) is 27.0. The van der Waals surface area contributed by atoms with Gasteiger partial charge in [-0.3, -0.25) is 9.59 Å². The molecule has 2 aromatic rings. The Bertz CT molecular complexity index is 1160. The molecule has 1 atom stereocenters. The van der Waals surface area contributed by atoms with Crippen molar-refractivity contribution in [2.24, 2.45) is 11.8 Å². The van der Waals surface area contributed by atoms with Gasteiger partial charge in [0.05, 0.1) is 5.02 Å². The average Bonchev–Trinajstić information content (AvgIpc) is 2.87. The number of carbonyl (C=O) groups excluding carboxylic acids is 2. The number of piperidine rings is 2. The molecule has 4 rings (SSSR count). The van der Waals surface area contributed by atoms with Crippen LogP contribution in [0.3, 0.4) is 0 Å². The van der Waals surface area contributed by atoms with Gasteiger partial charge in [0.15, 0.2) is 6.29 Å². The third-order valence-corrected chi connectivity index (χ3v) is 7.99. The summed E-state index contributed by atoms with van der Waals surface area (Å²) in [5.41, 5.74) is -3.83. The highest BCUT2D eigenvalue weighted by Gasteiger charge is 2.62. The number of rotatable bonds is 6. The van der Waals surface area contributed by atoms with Crippen molar-refractivity contribution >= 4 is 29.5 Å². The van der Waals surface area contributed by atoms with Crippen LogP contribution >= 0.6 is 11.6 Å². The third-order valence-electron chi connectivity index (χ3n) is 7.66. The van der Waals surface area contributed by atoms with E-state index in [-0.39, 0.29) is 19.0 Å². The van der Waals surface area contributed by atoms with Crippen LogP contribution in [0.25, 0.3) is 0 Å². The molecule has 38 heavy (non-hydrogen) atoms. The van der Waals surface area contributed by atoms with E-state index >= 15 is 0 Å². The van der Waals surface area contributed by atoms with Crippen molar-refractivity contribution in [1.82, 2.24) is 4.90 Å². The Hall–Kier alpha value is -2.72. The second-order valence-corrected chi connectivity index (χ2v) is 10.5. The summed E-state index contributed by atoms with van der Waals surface area (Å²) < 4.78 is 68.9. The first-order valence-electron chi connectivity index (χ1n) is 12.5. The van der Waals surface area contributed by atoms with Gasteiger partial charge in [-0.25, -0.2) is 8.78 Å². The maximum absolute atomic E-state index is 13.9. The number of carbonyl (C=O) groups is 2. The van der Waals surface area contributed by atoms with Gasteiger partial charge in [0.1, 0.15) is 11.6 Å². The molecule has 1 N–H and O–H groups in total. The minimum atomic E-state index is -5.47. The number of aldehydes is 1. The minimum absolute atomic E-state index is 0.0140. The predicted molar refractivity (Wildman–Crippen MR) is 132 cm³/mol. The van der Waals surface area contributed by atoms with Gasteiger partial charge in [0.2, 0.25) is 0 Å². The van der Waals surface area contributed by atoms with Crippen LogP contribution in [-0.4, -0.2) is 54.6 Å². The Morgan fingerprint density at radius 1 is 0.947 bits per heavy atom. The molecule has 2 aliphatic heterocycles. The molecule has 0 aliphatic carbocycles. The molecule has 5 nitrogen and oxygen atoms in total. The quantitative estimate of drug-likeness (QED) is 0.364. The summed E-state index contributed by atoms with van der Waals surface area (Å²) in [6.07, 6.45) is -1.09. The second kappa shape index (κ2) is 11.2. The predicted octanol–water partition coefficient (Wildman–Crippen LogP) is 5.73. The van der Waals surface area contributed by atoms with Crippen LogP contribution in [0.1, 0.15) is 48.0 Å². The molecule has 2 heterocycles. The molecule has 2 aromatic carbocycles. The number of nitrogens with zero attached hydrogens (tertiary/aromatic N) is 2. The topological polar surface area (TPSA) is 60.9 Å². The summed E-state index contributed by atoms with van der Waals surface area (Å²) >= 11 is 6.14. The van der Waals surface area contributed by atoms with Crippen LogP contribution in [0.4, 0.5) is 27.6 Å². The van der Waals surface area contributed by atoms with Crippen molar-refractivity contribution in [3.05, 3.63) is 64.2 Å². The Morgan fingerprint density at radius 3 is 2.00 bits per heavy atom. The van der Waals surface area contributed by atoms with Gasteiger partial charge in [-0.05, 0) is 74.3 Å². The molecule has 1 amide bonds. The zero-order valence-corrected chi connectivity index (χ0v) is 21.2. The van der Waals surface area contributed by atoms with E-state index in [1.165, 1.54) is 0 Å². The molecular formula is C27H28ClF5N2O3. The van der Waals surface area contributed by atoms with Crippen molar-refractivity contribution in [2.45, 2.75) is 43.9 Å². The van der Waals surface area contributed by atoms with Gasteiger partial charge < -0.3 is 14.9 Å². The van der Waals surface area contributed by atoms with Crippen LogP contribution in [0, 0.1) is 23.5 Å². The van der Waals surface area contributed by atoms with Crippen LogP contribution in [0.2, 0.25) is 5.02 Å². The van der Waals surface area contributed by atoms with Crippen LogP contribution in [0.15, 0.2) is 36.4 Å². The summed E-state index contributed by atoms with van der Waals surface area (Å²) in [6.45, 7) is 1.64. The highest BCUT2D eigenvalue weighted by molar-refractivity contribution is 6.33. The number of hydrogen-bond acceptors (Lipinski definition) is 4. The van der Waals surface area contributed by atoms with E-state index in [4.69, 9.17) is 11.6 Å². The maximum Gasteiger partial charge on any atom is 0.430 e. The highest BCUT2D eigenvalue weighted by atomic mass is 35.5. The first-order valence-corrected chi connectivity index (χ1v) is 12.8. The number of benzene rings is 2. The fourth-order valence-corrected chi connectivity index (χ4v) is 5.70. The molecule has 206 valence electrons. The average molecular weight is 559 g/mol. The lowest BCUT2D eigenvalue weighted by Gasteiger charge is -2.40. The van der Waals surface area contributed by atoms with Crippen LogP contribution < -0.4 is 4.90 Å². The molecule has 0 bridgehead atoms. The number of alkyl halides is 3. The minimum Gasteiger partial charge on any atom is -0.371 e. The van der Waals surface area contributed by atoms with Crippen molar-refractivity contribution in [2.75, 3.05) is 31.1 Å². The maximum atomic E-state index is 13.9. The second-order valence-electron chi connectivity index (χ2n) is 10.1. The van der Waals surface area contributed by atoms with E-state index in [0.29, 0.717) is 53.8 Å². The number of amides is 1. The van der Waals surface area contributed by atoms with Crippen LogP contribution in [-0.2, 0) is 10.4 Å². The van der Waals surface area contributed by atoms with Crippen molar-refractivity contribution < 1.29 is 36.6 Å². The Kier molecular flexibility index (Phi) is 8.32. The van der Waals surface area contributed by atoms with Gasteiger partial charge in [0.25, 0.3) is 11.5 Å². The van der Waals surface area contributed by atoms with Gasteiger partial charge in [0, 0.05) is 49.1 Å². The molecule has 2 aliphatic rings. The van der Waals surface area contributed by atoms with E-state index in [1.807, 2.05) is 6.07 Å². The van der Waals surface area contributed by atoms with E-state index in [1.54, 1.807) is 12.1 Å². The van der Waals surface area contributed by atoms with Gasteiger partial charge >= 0.3 is 6.18 Å². The summed E-state index contributed by atoms with van der Waals surface area (Å²) in [5.74, 6) is -3.63. The molecular weight excluding hydrogens is 531 g/mol. The number of aliphatic hydroxyl groups is 1. The van der Waals surface area contributed by atoms with E-state index in [2.05, 4.69) is 4.90 Å². The Balaban J connectivity index is 1.33. The standard InChI is InChI=1S/C27H28ClF5N2O3/c28-24-15-23(2-1-19(24)16-36)34-7-3-17(4-8-34)11-18-5-9-35(10-6-18)25(37)26(38,27(31,32)33)20-12-21(29)14-22(30)13-20/h1-2,12-18,38H,3-11H2. The first kappa shape index (κ1) is 28.3. The normalized spacial score (nSPS) is 19.3. The summed E-state index contributed by atoms with van der Waals surface area (Å²) in [6, 6.07) is 6.37. The van der Waals surface area contributed by atoms with E-state index in [9.17, 15) is 36.6 Å². The molecule has 2 fully saturated rings. The van der Waals surface area contributed by atoms with Gasteiger partial charge in [-0.2, -0.15) is 13.2 Å². The Labute approximate surface area is 222 Å². The lowest BCUT2D eigenvalue weighted by Crippen LogP contribution is -2.57. The monoisotopic (exact) mass is 558 g/mol. The molecule has 0 spiro atoms. The fourth-order valence-electron chi connectivity index (χ4n) is 5.48. The number of halogens is 6. The third kappa shape index (κ3) is 5.81. The first-order chi connectivity index (χ1) is 17.9. The number of anilines is 1. The fraction of sp³-hybridized carbons (Fsp3) is 0.481. The lowest BCUT2D eigenvalue weighted by atomic mass is 9.82. The summed E-state index contributed by atoms with van der Waals surface area (Å²) in [5, 5.41) is 10.9. The smallest absolute Gasteiger partial charge is 0.371 e. The van der Waals surface area contributed by atoms with Crippen molar-refractivity contribution in [1.29, 1.82) is 0 Å². The SMILES string of the molecule is O=Cc1ccc(N2CCC(CC3CCN(C(=O)C(O)(c4cc(F)cc(F)c4)C(F)(F)F)CC3)CC2)cc1Cl. The van der Waals surface area contributed by atoms with Crippen LogP contribution in [0.5, 0.6) is 0 Å². The molecule has 11 heteroatoms. The largest absolute Gasteiger partial charge is 0.430 e. The zero-order chi connectivity index (χ0) is 27.7. The number of likely N-dealkylation sites (tertiary alicyclic amines) is 1. The van der Waals surface area contributed by atoms with Gasteiger partial charge in [-0.15, -0.1) is 0 Å². The molecule has 0 radical (unpaired) electrons. The molecule has 1 unspecified atom stereocenters. The van der Waals surface area contributed by atoms with Crippen molar-refractivity contribution in [3.8, 4) is 0 Å². The number of hydrogen-bond donors (Lipinski definition) is 1. The molecule has 0 aromatic heterocycles. The van der Waals surface area contributed by atoms with Crippen molar-refractivity contribution in [3.63, 3.8) is 0 Å². The Morgan fingerprint density at radius 2 is 1.50 bits per heavy atom. The summed E-state index contributed by atoms with van der Waals surface area (Å²) in [7, 11) is 0. The van der Waals surface area contributed by atoms with E-state index in [0.717, 1.165) is 42.9 Å². The van der Waals surface area contributed by atoms with E-state index < -0.39 is 34.9 Å². The van der Waals surface area contributed by atoms with Gasteiger partial charge in [-0.1, -0.05) is 11.6 Å². The zero-order valence-electron chi connectivity index (χ0n) is 20.5. The molecule has 2 saturated heterocycles. The lowest BCUT2D eigenvalue weighted by molar-refractivity contribution is -0.262. The molecule has 0 saturated carbocycles.